The molecule has 0 fully saturated rings. The van der Waals surface area contributed by atoms with Crippen molar-refractivity contribution in [1.82, 2.24) is 19.6 Å². The third-order valence-electron chi connectivity index (χ3n) is 3.28. The van der Waals surface area contributed by atoms with E-state index in [-0.39, 0.29) is 11.9 Å². The van der Waals surface area contributed by atoms with Crippen LogP contribution in [-0.2, 0) is 11.3 Å². The number of nitrogens with zero attached hydrogens (tertiary/aromatic N) is 4. The van der Waals surface area contributed by atoms with Gasteiger partial charge in [0.1, 0.15) is 6.04 Å². The quantitative estimate of drug-likeness (QED) is 0.914. The van der Waals surface area contributed by atoms with E-state index in [0.29, 0.717) is 0 Å². The summed E-state index contributed by atoms with van der Waals surface area (Å²) in [5, 5.41) is 11.3. The summed E-state index contributed by atoms with van der Waals surface area (Å²) in [6, 6.07) is 1.53. The van der Waals surface area contributed by atoms with Gasteiger partial charge in [-0.1, -0.05) is 0 Å². The van der Waals surface area contributed by atoms with Crippen LogP contribution in [0.5, 0.6) is 0 Å². The van der Waals surface area contributed by atoms with Gasteiger partial charge in [0, 0.05) is 18.4 Å². The fourth-order valence-electron chi connectivity index (χ4n) is 2.02. The topological polar surface area (TPSA) is 64.7 Å². The van der Waals surface area contributed by atoms with E-state index in [1.165, 1.54) is 0 Å². The lowest BCUT2D eigenvalue weighted by atomic mass is 10.3. The van der Waals surface area contributed by atoms with E-state index in [2.05, 4.69) is 15.5 Å². The molecule has 0 bridgehead atoms. The molecule has 19 heavy (non-hydrogen) atoms. The van der Waals surface area contributed by atoms with E-state index in [4.69, 9.17) is 0 Å². The number of amides is 1. The van der Waals surface area contributed by atoms with Gasteiger partial charge in [-0.05, 0) is 33.8 Å². The van der Waals surface area contributed by atoms with E-state index >= 15 is 0 Å². The lowest BCUT2D eigenvalue weighted by Crippen LogP contribution is -2.25. The van der Waals surface area contributed by atoms with E-state index < -0.39 is 0 Å². The van der Waals surface area contributed by atoms with Gasteiger partial charge in [0.2, 0.25) is 5.91 Å². The van der Waals surface area contributed by atoms with Crippen molar-refractivity contribution >= 4 is 11.6 Å². The van der Waals surface area contributed by atoms with Gasteiger partial charge in [-0.2, -0.15) is 10.2 Å². The van der Waals surface area contributed by atoms with Gasteiger partial charge in [0.15, 0.2) is 0 Å². The first kappa shape index (κ1) is 13.3. The van der Waals surface area contributed by atoms with Crippen LogP contribution < -0.4 is 5.32 Å². The first-order valence-electron chi connectivity index (χ1n) is 6.38. The molecule has 1 amide bonds. The number of carbonyl (C=O) groups excluding carboxylic acids is 1. The molecular weight excluding hydrogens is 242 g/mol. The molecule has 2 rings (SSSR count). The third kappa shape index (κ3) is 2.52. The van der Waals surface area contributed by atoms with E-state index in [9.17, 15) is 4.79 Å². The molecule has 1 N–H and O–H groups in total. The zero-order valence-corrected chi connectivity index (χ0v) is 11.7. The second-order valence-corrected chi connectivity index (χ2v) is 4.54. The lowest BCUT2D eigenvalue weighted by Gasteiger charge is -2.14. The standard InChI is InChI=1S/C13H19N5O/c1-5-17-10(3)12(8-15-17)16-13(19)11(4)18-9(2)6-7-14-18/h6-8,11H,5H2,1-4H3,(H,16,19). The fourth-order valence-corrected chi connectivity index (χ4v) is 2.02. The summed E-state index contributed by atoms with van der Waals surface area (Å²) in [4.78, 5) is 12.2. The van der Waals surface area contributed by atoms with Crippen molar-refractivity contribution in [3.63, 3.8) is 0 Å². The summed E-state index contributed by atoms with van der Waals surface area (Å²) in [5.74, 6) is -0.0921. The Kier molecular flexibility index (Phi) is 3.69. The lowest BCUT2D eigenvalue weighted by molar-refractivity contribution is -0.119. The van der Waals surface area contributed by atoms with Crippen LogP contribution in [-0.4, -0.2) is 25.5 Å². The molecule has 0 aliphatic heterocycles. The molecule has 1 unspecified atom stereocenters. The van der Waals surface area contributed by atoms with Crippen molar-refractivity contribution in [2.45, 2.75) is 40.3 Å². The normalized spacial score (nSPS) is 12.4. The maximum absolute atomic E-state index is 12.2. The maximum Gasteiger partial charge on any atom is 0.249 e. The summed E-state index contributed by atoms with van der Waals surface area (Å²) in [5.41, 5.74) is 2.67. The van der Waals surface area contributed by atoms with Gasteiger partial charge < -0.3 is 5.32 Å². The predicted octanol–water partition coefficient (Wildman–Crippen LogP) is 1.92. The van der Waals surface area contributed by atoms with E-state index in [1.807, 2.05) is 38.4 Å². The predicted molar refractivity (Wildman–Crippen MR) is 72.9 cm³/mol. The molecule has 102 valence electrons. The Balaban J connectivity index is 2.13. The summed E-state index contributed by atoms with van der Waals surface area (Å²) in [6.07, 6.45) is 3.37. The largest absolute Gasteiger partial charge is 0.321 e. The minimum Gasteiger partial charge on any atom is -0.321 e. The van der Waals surface area contributed by atoms with Crippen LogP contribution in [0, 0.1) is 13.8 Å². The van der Waals surface area contributed by atoms with Crippen molar-refractivity contribution in [3.05, 3.63) is 29.8 Å². The van der Waals surface area contributed by atoms with E-state index in [0.717, 1.165) is 23.6 Å². The molecule has 0 aliphatic carbocycles. The van der Waals surface area contributed by atoms with Gasteiger partial charge in [0.25, 0.3) is 0 Å². The molecular formula is C13H19N5O. The molecule has 0 aliphatic rings. The molecule has 6 heteroatoms. The zero-order chi connectivity index (χ0) is 14.0. The van der Waals surface area contributed by atoms with Gasteiger partial charge >= 0.3 is 0 Å². The number of nitrogens with one attached hydrogen (secondary N) is 1. The van der Waals surface area contributed by atoms with Crippen molar-refractivity contribution in [2.75, 3.05) is 5.32 Å². The molecule has 2 heterocycles. The van der Waals surface area contributed by atoms with Crippen LogP contribution in [0.4, 0.5) is 5.69 Å². The second-order valence-electron chi connectivity index (χ2n) is 4.54. The number of hydrogen-bond donors (Lipinski definition) is 1. The Morgan fingerprint density at radius 1 is 1.42 bits per heavy atom. The van der Waals surface area contributed by atoms with Gasteiger partial charge in [-0.15, -0.1) is 0 Å². The number of hydrogen-bond acceptors (Lipinski definition) is 3. The van der Waals surface area contributed by atoms with Crippen molar-refractivity contribution in [1.29, 1.82) is 0 Å². The summed E-state index contributed by atoms with van der Waals surface area (Å²) in [6.45, 7) is 8.50. The highest BCUT2D eigenvalue weighted by Gasteiger charge is 2.18. The summed E-state index contributed by atoms with van der Waals surface area (Å²) >= 11 is 0. The van der Waals surface area contributed by atoms with Crippen LogP contribution in [0.15, 0.2) is 18.5 Å². The molecule has 0 radical (unpaired) electrons. The van der Waals surface area contributed by atoms with Crippen LogP contribution in [0.2, 0.25) is 0 Å². The maximum atomic E-state index is 12.2. The van der Waals surface area contributed by atoms with Crippen LogP contribution in [0.1, 0.15) is 31.3 Å². The second kappa shape index (κ2) is 5.26. The number of aromatic nitrogens is 4. The van der Waals surface area contributed by atoms with E-state index in [1.54, 1.807) is 17.1 Å². The molecule has 6 nitrogen and oxygen atoms in total. The first-order chi connectivity index (χ1) is 9.04. The van der Waals surface area contributed by atoms with Gasteiger partial charge in [0.05, 0.1) is 17.6 Å². The number of carbonyl (C=O) groups is 1. The van der Waals surface area contributed by atoms with Crippen LogP contribution in [0.3, 0.4) is 0 Å². The Bertz CT molecular complexity index is 584. The average Bonchev–Trinajstić information content (AvgIpc) is 2.96. The van der Waals surface area contributed by atoms with Crippen molar-refractivity contribution in [2.24, 2.45) is 0 Å². The van der Waals surface area contributed by atoms with Crippen LogP contribution >= 0.6 is 0 Å². The number of aryl methyl sites for hydroxylation is 2. The highest BCUT2D eigenvalue weighted by atomic mass is 16.2. The summed E-state index contributed by atoms with van der Waals surface area (Å²) in [7, 11) is 0. The number of rotatable bonds is 4. The minimum atomic E-state index is -0.348. The average molecular weight is 261 g/mol. The van der Waals surface area contributed by atoms with Gasteiger partial charge in [-0.25, -0.2) is 0 Å². The highest BCUT2D eigenvalue weighted by molar-refractivity contribution is 5.93. The molecule has 2 aromatic rings. The zero-order valence-electron chi connectivity index (χ0n) is 11.7. The molecule has 0 saturated carbocycles. The molecule has 0 spiro atoms. The van der Waals surface area contributed by atoms with Crippen molar-refractivity contribution < 1.29 is 4.79 Å². The molecule has 0 saturated heterocycles. The summed E-state index contributed by atoms with van der Waals surface area (Å²) < 4.78 is 3.55. The third-order valence-corrected chi connectivity index (χ3v) is 3.28. The Morgan fingerprint density at radius 2 is 2.16 bits per heavy atom. The SMILES string of the molecule is CCn1ncc(NC(=O)C(C)n2nccc2C)c1C. The van der Waals surface area contributed by atoms with Crippen molar-refractivity contribution in [3.8, 4) is 0 Å². The smallest absolute Gasteiger partial charge is 0.249 e. The Morgan fingerprint density at radius 3 is 2.68 bits per heavy atom. The Labute approximate surface area is 112 Å². The monoisotopic (exact) mass is 261 g/mol. The highest BCUT2D eigenvalue weighted by Crippen LogP contribution is 2.16. The Hall–Kier alpha value is -2.11. The molecule has 2 aromatic heterocycles. The van der Waals surface area contributed by atoms with Gasteiger partial charge in [-0.3, -0.25) is 14.2 Å². The molecule has 0 aromatic carbocycles. The van der Waals surface area contributed by atoms with Crippen LogP contribution in [0.25, 0.3) is 0 Å². The molecule has 1 atom stereocenters. The fraction of sp³-hybridized carbons (Fsp3) is 0.462. The first-order valence-corrected chi connectivity index (χ1v) is 6.38. The minimum absolute atomic E-state index is 0.0921. The number of anilines is 1.